The highest BCUT2D eigenvalue weighted by molar-refractivity contribution is 5.76. The molecule has 1 N–H and O–H groups in total. The molecule has 0 radical (unpaired) electrons. The second-order valence-electron chi connectivity index (χ2n) is 7.89. The summed E-state index contributed by atoms with van der Waals surface area (Å²) in [5, 5.41) is 7.65. The molecule has 4 nitrogen and oxygen atoms in total. The van der Waals surface area contributed by atoms with Gasteiger partial charge in [-0.1, -0.05) is 34.6 Å². The number of hydrogen-bond donors (Lipinski definition) is 1. The van der Waals surface area contributed by atoms with Gasteiger partial charge in [0.1, 0.15) is 0 Å². The van der Waals surface area contributed by atoms with Crippen molar-refractivity contribution >= 4 is 5.91 Å². The van der Waals surface area contributed by atoms with Crippen LogP contribution in [-0.4, -0.2) is 21.7 Å². The Bertz CT molecular complexity index is 509. The molecule has 0 aliphatic heterocycles. The molecule has 0 aromatic carbocycles. The quantitative estimate of drug-likeness (QED) is 0.873. The van der Waals surface area contributed by atoms with Gasteiger partial charge in [-0.15, -0.1) is 0 Å². The van der Waals surface area contributed by atoms with Crippen LogP contribution in [0.2, 0.25) is 0 Å². The summed E-state index contributed by atoms with van der Waals surface area (Å²) < 4.78 is 1.89. The van der Waals surface area contributed by atoms with Crippen LogP contribution in [-0.2, 0) is 18.3 Å². The number of carbonyl (C=O) groups is 1. The van der Waals surface area contributed by atoms with Gasteiger partial charge >= 0.3 is 0 Å². The lowest BCUT2D eigenvalue weighted by Crippen LogP contribution is -2.44. The Labute approximate surface area is 135 Å². The maximum atomic E-state index is 12.3. The molecule has 126 valence electrons. The zero-order chi connectivity index (χ0) is 17.1. The van der Waals surface area contributed by atoms with Crippen molar-refractivity contribution in [3.05, 3.63) is 17.0 Å². The molecule has 1 heterocycles. The van der Waals surface area contributed by atoms with Crippen molar-refractivity contribution in [1.82, 2.24) is 15.1 Å². The van der Waals surface area contributed by atoms with Gasteiger partial charge in [0.2, 0.25) is 5.91 Å². The molecule has 0 saturated heterocycles. The van der Waals surface area contributed by atoms with E-state index in [0.717, 1.165) is 24.2 Å². The van der Waals surface area contributed by atoms with Crippen LogP contribution in [0.5, 0.6) is 0 Å². The third-order valence-electron chi connectivity index (χ3n) is 4.35. The van der Waals surface area contributed by atoms with Crippen LogP contribution in [0, 0.1) is 25.2 Å². The van der Waals surface area contributed by atoms with Crippen LogP contribution in [0.4, 0.5) is 0 Å². The lowest BCUT2D eigenvalue weighted by atomic mass is 9.82. The number of aromatic nitrogens is 2. The highest BCUT2D eigenvalue weighted by Crippen LogP contribution is 2.25. The number of nitrogens with zero attached hydrogens (tertiary/aromatic N) is 2. The summed E-state index contributed by atoms with van der Waals surface area (Å²) in [5.41, 5.74) is 3.47. The van der Waals surface area contributed by atoms with Crippen molar-refractivity contribution < 1.29 is 4.79 Å². The van der Waals surface area contributed by atoms with E-state index in [-0.39, 0.29) is 17.4 Å². The second-order valence-corrected chi connectivity index (χ2v) is 7.89. The fourth-order valence-electron chi connectivity index (χ4n) is 2.78. The standard InChI is InChI=1S/C18H33N3O/c1-12(2)11-16(18(5,6)7)19-17(22)10-9-15-13(3)20-21(8)14(15)4/h12,16H,9-11H2,1-8H3,(H,19,22). The smallest absolute Gasteiger partial charge is 0.220 e. The molecule has 0 aliphatic rings. The minimum Gasteiger partial charge on any atom is -0.353 e. The monoisotopic (exact) mass is 307 g/mol. The van der Waals surface area contributed by atoms with Gasteiger partial charge in [-0.2, -0.15) is 5.10 Å². The Kier molecular flexibility index (Phi) is 6.21. The Balaban J connectivity index is 2.64. The topological polar surface area (TPSA) is 46.9 Å². The fourth-order valence-corrected chi connectivity index (χ4v) is 2.78. The zero-order valence-electron chi connectivity index (χ0n) is 15.6. The van der Waals surface area contributed by atoms with Gasteiger partial charge in [-0.3, -0.25) is 9.48 Å². The maximum Gasteiger partial charge on any atom is 0.220 e. The van der Waals surface area contributed by atoms with E-state index in [4.69, 9.17) is 0 Å². The molecular weight excluding hydrogens is 274 g/mol. The van der Waals surface area contributed by atoms with Gasteiger partial charge in [-0.25, -0.2) is 0 Å². The normalized spacial score (nSPS) is 13.5. The average Bonchev–Trinajstić information content (AvgIpc) is 2.59. The summed E-state index contributed by atoms with van der Waals surface area (Å²) in [6.07, 6.45) is 2.30. The Morgan fingerprint density at radius 2 is 1.86 bits per heavy atom. The van der Waals surface area contributed by atoms with Gasteiger partial charge in [0.05, 0.1) is 5.69 Å². The molecule has 0 saturated carbocycles. The minimum absolute atomic E-state index is 0.0834. The van der Waals surface area contributed by atoms with Crippen molar-refractivity contribution in [2.75, 3.05) is 0 Å². The predicted octanol–water partition coefficient (Wildman–Crippen LogP) is 3.55. The molecule has 0 fully saturated rings. The number of carbonyl (C=O) groups excluding carboxylic acids is 1. The third-order valence-corrected chi connectivity index (χ3v) is 4.35. The highest BCUT2D eigenvalue weighted by atomic mass is 16.1. The molecule has 0 bridgehead atoms. The molecule has 1 aromatic heterocycles. The lowest BCUT2D eigenvalue weighted by Gasteiger charge is -2.33. The summed E-state index contributed by atoms with van der Waals surface area (Å²) in [6.45, 7) is 15.0. The van der Waals surface area contributed by atoms with Crippen LogP contribution in [0.1, 0.15) is 64.4 Å². The fraction of sp³-hybridized carbons (Fsp3) is 0.778. The molecule has 22 heavy (non-hydrogen) atoms. The van der Waals surface area contributed by atoms with E-state index >= 15 is 0 Å². The minimum atomic E-state index is 0.0834. The third kappa shape index (κ3) is 5.15. The Morgan fingerprint density at radius 3 is 2.27 bits per heavy atom. The Morgan fingerprint density at radius 1 is 1.27 bits per heavy atom. The van der Waals surface area contributed by atoms with E-state index in [2.05, 4.69) is 52.0 Å². The molecular formula is C18H33N3O. The number of amides is 1. The van der Waals surface area contributed by atoms with Gasteiger partial charge < -0.3 is 5.32 Å². The Hall–Kier alpha value is -1.32. The van der Waals surface area contributed by atoms with Crippen LogP contribution in [0.15, 0.2) is 0 Å². The van der Waals surface area contributed by atoms with Gasteiger partial charge in [0, 0.05) is 25.2 Å². The zero-order valence-corrected chi connectivity index (χ0v) is 15.6. The first-order valence-corrected chi connectivity index (χ1v) is 8.30. The number of aryl methyl sites for hydroxylation is 2. The largest absolute Gasteiger partial charge is 0.353 e. The summed E-state index contributed by atoms with van der Waals surface area (Å²) in [5.74, 6) is 0.718. The number of rotatable bonds is 6. The van der Waals surface area contributed by atoms with Crippen LogP contribution in [0.3, 0.4) is 0 Å². The first-order valence-electron chi connectivity index (χ1n) is 8.30. The second kappa shape index (κ2) is 7.30. The van der Waals surface area contributed by atoms with Crippen LogP contribution in [0.25, 0.3) is 0 Å². The van der Waals surface area contributed by atoms with Crippen LogP contribution >= 0.6 is 0 Å². The molecule has 1 rings (SSSR count). The lowest BCUT2D eigenvalue weighted by molar-refractivity contribution is -0.122. The van der Waals surface area contributed by atoms with Crippen molar-refractivity contribution in [2.45, 2.75) is 73.8 Å². The first-order chi connectivity index (χ1) is 10.0. The van der Waals surface area contributed by atoms with E-state index in [1.807, 2.05) is 18.7 Å². The molecule has 1 amide bonds. The first kappa shape index (κ1) is 18.7. The number of nitrogens with one attached hydrogen (secondary N) is 1. The van der Waals surface area contributed by atoms with Gasteiger partial charge in [-0.05, 0) is 43.6 Å². The van der Waals surface area contributed by atoms with Gasteiger partial charge in [0.25, 0.3) is 0 Å². The van der Waals surface area contributed by atoms with Gasteiger partial charge in [0.15, 0.2) is 0 Å². The van der Waals surface area contributed by atoms with E-state index in [1.54, 1.807) is 0 Å². The number of hydrogen-bond acceptors (Lipinski definition) is 2. The van der Waals surface area contributed by atoms with Crippen LogP contribution < -0.4 is 5.32 Å². The average molecular weight is 307 g/mol. The van der Waals surface area contributed by atoms with Crippen molar-refractivity contribution in [3.63, 3.8) is 0 Å². The summed E-state index contributed by atoms with van der Waals surface area (Å²) in [6, 6.07) is 0.219. The molecule has 1 unspecified atom stereocenters. The van der Waals surface area contributed by atoms with Crippen molar-refractivity contribution in [2.24, 2.45) is 18.4 Å². The summed E-state index contributed by atoms with van der Waals surface area (Å²) in [4.78, 5) is 12.3. The van der Waals surface area contributed by atoms with E-state index < -0.39 is 0 Å². The van der Waals surface area contributed by atoms with E-state index in [0.29, 0.717) is 12.3 Å². The SMILES string of the molecule is Cc1nn(C)c(C)c1CCC(=O)NC(CC(C)C)C(C)(C)C. The van der Waals surface area contributed by atoms with E-state index in [1.165, 1.54) is 5.56 Å². The maximum absolute atomic E-state index is 12.3. The van der Waals surface area contributed by atoms with Crippen molar-refractivity contribution in [3.8, 4) is 0 Å². The summed E-state index contributed by atoms with van der Waals surface area (Å²) >= 11 is 0. The predicted molar refractivity (Wildman–Crippen MR) is 91.8 cm³/mol. The highest BCUT2D eigenvalue weighted by Gasteiger charge is 2.26. The molecule has 4 heteroatoms. The molecule has 1 aromatic rings. The summed E-state index contributed by atoms with van der Waals surface area (Å²) in [7, 11) is 1.95. The molecule has 0 aliphatic carbocycles. The van der Waals surface area contributed by atoms with E-state index in [9.17, 15) is 4.79 Å². The van der Waals surface area contributed by atoms with Crippen molar-refractivity contribution in [1.29, 1.82) is 0 Å². The molecule has 1 atom stereocenters. The molecule has 0 spiro atoms.